The SMILES string of the molecule is CC(=NNc1ccc(N([O-])[O-])cc1N(O)O)c1ccc(C)nc1. The highest BCUT2D eigenvalue weighted by Crippen LogP contribution is 2.29. The third-order valence-electron chi connectivity index (χ3n) is 3.08. The van der Waals surface area contributed by atoms with Crippen molar-refractivity contribution in [3.63, 3.8) is 0 Å². The Kier molecular flexibility index (Phi) is 5.09. The van der Waals surface area contributed by atoms with Gasteiger partial charge in [0, 0.05) is 23.1 Å². The van der Waals surface area contributed by atoms with Crippen LogP contribution in [0.3, 0.4) is 0 Å². The number of aromatic nitrogens is 1. The zero-order valence-corrected chi connectivity index (χ0v) is 12.5. The predicted molar refractivity (Wildman–Crippen MR) is 86.5 cm³/mol. The van der Waals surface area contributed by atoms with Gasteiger partial charge in [-0.25, -0.2) is 0 Å². The number of hydrazone groups is 1. The third kappa shape index (κ3) is 4.14. The molecule has 0 saturated heterocycles. The largest absolute Gasteiger partial charge is 0.769 e. The van der Waals surface area contributed by atoms with E-state index in [1.165, 1.54) is 12.1 Å². The zero-order chi connectivity index (χ0) is 17.0. The molecule has 1 heterocycles. The summed E-state index contributed by atoms with van der Waals surface area (Å²) < 4.78 is 0. The molecule has 23 heavy (non-hydrogen) atoms. The predicted octanol–water partition coefficient (Wildman–Crippen LogP) is 2.61. The Morgan fingerprint density at radius 1 is 1.22 bits per heavy atom. The number of nitrogens with zero attached hydrogens (tertiary/aromatic N) is 4. The lowest BCUT2D eigenvalue weighted by Crippen LogP contribution is -2.14. The highest BCUT2D eigenvalue weighted by atomic mass is 16.8. The molecule has 2 aromatic rings. The number of aryl methyl sites for hydroxylation is 1. The van der Waals surface area contributed by atoms with Crippen molar-refractivity contribution < 1.29 is 10.4 Å². The summed E-state index contributed by atoms with van der Waals surface area (Å²) in [5, 5.41) is 43.1. The summed E-state index contributed by atoms with van der Waals surface area (Å²) in [6.45, 7) is 3.62. The third-order valence-corrected chi connectivity index (χ3v) is 3.08. The van der Waals surface area contributed by atoms with Gasteiger partial charge in [-0.05, 0) is 44.2 Å². The van der Waals surface area contributed by atoms with E-state index < -0.39 is 5.23 Å². The highest BCUT2D eigenvalue weighted by Gasteiger charge is 2.08. The quantitative estimate of drug-likeness (QED) is 0.566. The number of rotatable bonds is 5. The number of anilines is 3. The maximum absolute atomic E-state index is 10.7. The lowest BCUT2D eigenvalue weighted by Gasteiger charge is -2.37. The normalized spacial score (nSPS) is 11.3. The molecule has 9 nitrogen and oxygen atoms in total. The molecule has 3 N–H and O–H groups in total. The van der Waals surface area contributed by atoms with Crippen molar-refractivity contribution in [1.82, 2.24) is 4.98 Å². The summed E-state index contributed by atoms with van der Waals surface area (Å²) in [5.74, 6) is 0. The monoisotopic (exact) mass is 317 g/mol. The minimum absolute atomic E-state index is 0.194. The fourth-order valence-electron chi connectivity index (χ4n) is 1.78. The summed E-state index contributed by atoms with van der Waals surface area (Å²) in [6, 6.07) is 7.27. The molecule has 0 bridgehead atoms. The molecular weight excluding hydrogens is 302 g/mol. The van der Waals surface area contributed by atoms with E-state index in [0.29, 0.717) is 5.71 Å². The van der Waals surface area contributed by atoms with Crippen molar-refractivity contribution in [2.24, 2.45) is 5.10 Å². The van der Waals surface area contributed by atoms with Crippen molar-refractivity contribution in [3.8, 4) is 0 Å². The van der Waals surface area contributed by atoms with Crippen molar-refractivity contribution in [3.05, 3.63) is 58.2 Å². The van der Waals surface area contributed by atoms with E-state index in [1.54, 1.807) is 13.1 Å². The van der Waals surface area contributed by atoms with Gasteiger partial charge in [0.1, 0.15) is 5.69 Å². The molecule has 1 aromatic heterocycles. The first-order valence-corrected chi connectivity index (χ1v) is 6.58. The number of pyridine rings is 1. The van der Waals surface area contributed by atoms with Crippen molar-refractivity contribution >= 4 is 22.8 Å². The van der Waals surface area contributed by atoms with Crippen LogP contribution in [-0.2, 0) is 0 Å². The van der Waals surface area contributed by atoms with Gasteiger partial charge in [-0.1, -0.05) is 0 Å². The van der Waals surface area contributed by atoms with E-state index in [-0.39, 0.29) is 22.3 Å². The average Bonchev–Trinajstić information content (AvgIpc) is 2.52. The van der Waals surface area contributed by atoms with Crippen LogP contribution in [0.4, 0.5) is 17.1 Å². The second-order valence-electron chi connectivity index (χ2n) is 4.75. The van der Waals surface area contributed by atoms with Crippen LogP contribution in [-0.4, -0.2) is 21.1 Å². The second-order valence-corrected chi connectivity index (χ2v) is 4.75. The Morgan fingerprint density at radius 3 is 2.52 bits per heavy atom. The minimum Gasteiger partial charge on any atom is -0.769 e. The number of nitrogens with one attached hydrogen (secondary N) is 1. The molecule has 0 aliphatic carbocycles. The first-order valence-electron chi connectivity index (χ1n) is 6.58. The molecule has 1 aromatic carbocycles. The Morgan fingerprint density at radius 2 is 1.96 bits per heavy atom. The number of hydrogen-bond donors (Lipinski definition) is 3. The molecule has 0 aliphatic heterocycles. The zero-order valence-electron chi connectivity index (χ0n) is 12.5. The van der Waals surface area contributed by atoms with Gasteiger partial charge in [0.25, 0.3) is 0 Å². The van der Waals surface area contributed by atoms with Gasteiger partial charge in [-0.15, -0.1) is 5.23 Å². The molecule has 0 amide bonds. The van der Waals surface area contributed by atoms with Gasteiger partial charge >= 0.3 is 0 Å². The van der Waals surface area contributed by atoms with E-state index in [1.807, 2.05) is 19.1 Å². The standard InChI is InChI=1S/C14H15N5O4/c1-9-3-4-11(8-15-9)10(2)16-17-13-6-5-12(18(20)21)7-14(13)19(22)23/h3-8,17,22-23H,1-2H3/q-2. The summed E-state index contributed by atoms with van der Waals surface area (Å²) >= 11 is 0. The van der Waals surface area contributed by atoms with Gasteiger partial charge < -0.3 is 15.6 Å². The van der Waals surface area contributed by atoms with Crippen LogP contribution in [0, 0.1) is 17.3 Å². The van der Waals surface area contributed by atoms with Crippen LogP contribution in [0.15, 0.2) is 41.6 Å². The Labute approximate surface area is 132 Å². The maximum Gasteiger partial charge on any atom is 0.121 e. The number of hydrogen-bond acceptors (Lipinski definition) is 9. The second kappa shape index (κ2) is 7.03. The Balaban J connectivity index is 2.25. The lowest BCUT2D eigenvalue weighted by atomic mass is 10.2. The summed E-state index contributed by atoms with van der Waals surface area (Å²) in [5.41, 5.74) is 4.65. The number of benzene rings is 1. The molecule has 2 rings (SSSR count). The summed E-state index contributed by atoms with van der Waals surface area (Å²) in [6.07, 6.45) is 1.66. The van der Waals surface area contributed by atoms with E-state index in [0.717, 1.165) is 17.3 Å². The molecule has 0 saturated carbocycles. The molecule has 122 valence electrons. The molecule has 0 radical (unpaired) electrons. The van der Waals surface area contributed by atoms with Crippen LogP contribution < -0.4 is 15.9 Å². The van der Waals surface area contributed by atoms with Crippen LogP contribution in [0.2, 0.25) is 0 Å². The average molecular weight is 317 g/mol. The van der Waals surface area contributed by atoms with Crippen molar-refractivity contribution in [2.45, 2.75) is 13.8 Å². The molecule has 0 atom stereocenters. The van der Waals surface area contributed by atoms with Crippen LogP contribution in [0.25, 0.3) is 0 Å². The Hall–Kier alpha value is -2.72. The highest BCUT2D eigenvalue weighted by molar-refractivity contribution is 5.99. The van der Waals surface area contributed by atoms with Gasteiger partial charge in [0.05, 0.1) is 11.4 Å². The Bertz CT molecular complexity index is 701. The first kappa shape index (κ1) is 16.6. The van der Waals surface area contributed by atoms with Gasteiger partial charge in [-0.2, -0.15) is 5.10 Å². The fraction of sp³-hybridized carbons (Fsp3) is 0.143. The van der Waals surface area contributed by atoms with Crippen LogP contribution >= 0.6 is 0 Å². The van der Waals surface area contributed by atoms with Crippen LogP contribution in [0.5, 0.6) is 0 Å². The molecule has 9 heteroatoms. The van der Waals surface area contributed by atoms with Gasteiger partial charge in [0.2, 0.25) is 0 Å². The summed E-state index contributed by atoms with van der Waals surface area (Å²) in [4.78, 5) is 4.16. The first-order chi connectivity index (χ1) is 10.9. The molecular formula is C14H15N5O4-2. The fourth-order valence-corrected chi connectivity index (χ4v) is 1.78. The smallest absolute Gasteiger partial charge is 0.121 e. The van der Waals surface area contributed by atoms with E-state index in [2.05, 4.69) is 15.5 Å². The van der Waals surface area contributed by atoms with Gasteiger partial charge in [-0.3, -0.25) is 20.8 Å². The summed E-state index contributed by atoms with van der Waals surface area (Å²) in [7, 11) is 0. The molecule has 0 fully saturated rings. The molecule has 0 aliphatic rings. The van der Waals surface area contributed by atoms with Crippen LogP contribution in [0.1, 0.15) is 18.2 Å². The van der Waals surface area contributed by atoms with Crippen molar-refractivity contribution in [1.29, 1.82) is 0 Å². The lowest BCUT2D eigenvalue weighted by molar-refractivity contribution is 0.0295. The topological polar surface area (TPSA) is 130 Å². The molecule has 0 spiro atoms. The van der Waals surface area contributed by atoms with Crippen molar-refractivity contribution in [2.75, 3.05) is 15.9 Å². The van der Waals surface area contributed by atoms with E-state index in [9.17, 15) is 20.8 Å². The maximum atomic E-state index is 10.7. The van der Waals surface area contributed by atoms with Gasteiger partial charge in [0.15, 0.2) is 0 Å². The van der Waals surface area contributed by atoms with E-state index in [4.69, 9.17) is 0 Å². The molecule has 0 unspecified atom stereocenters. The van der Waals surface area contributed by atoms with E-state index >= 15 is 0 Å². The minimum atomic E-state index is -0.636.